The zero-order valence-corrected chi connectivity index (χ0v) is 7.95. The highest BCUT2D eigenvalue weighted by atomic mass is 79.9. The van der Waals surface area contributed by atoms with Gasteiger partial charge < -0.3 is 4.42 Å². The Bertz CT molecular complexity index is 360. The molecule has 0 amide bonds. The summed E-state index contributed by atoms with van der Waals surface area (Å²) in [5.41, 5.74) is 0.731. The number of rotatable bonds is 1. The molecule has 0 radical (unpaired) electrons. The molecule has 0 fully saturated rings. The Morgan fingerprint density at radius 2 is 2.42 bits per heavy atom. The number of aryl methyl sites for hydroxylation is 1. The maximum Gasteiger partial charge on any atom is 0.246 e. The van der Waals surface area contributed by atoms with Gasteiger partial charge in [0.25, 0.3) is 0 Å². The van der Waals surface area contributed by atoms with Gasteiger partial charge >= 0.3 is 0 Å². The molecule has 62 valence electrons. The zero-order valence-electron chi connectivity index (χ0n) is 6.36. The van der Waals surface area contributed by atoms with E-state index in [-0.39, 0.29) is 0 Å². The average molecular weight is 228 g/mol. The van der Waals surface area contributed by atoms with Crippen LogP contribution in [0.3, 0.4) is 0 Å². The topological polar surface area (TPSA) is 43.9 Å². The van der Waals surface area contributed by atoms with Crippen molar-refractivity contribution < 1.29 is 4.42 Å². The van der Waals surface area contributed by atoms with Crippen molar-refractivity contribution in [2.75, 3.05) is 0 Å². The number of nitrogens with zero attached hydrogens (tertiary/aromatic N) is 3. The molecule has 0 aliphatic heterocycles. The van der Waals surface area contributed by atoms with E-state index in [4.69, 9.17) is 4.42 Å². The highest BCUT2D eigenvalue weighted by Crippen LogP contribution is 2.19. The highest BCUT2D eigenvalue weighted by molar-refractivity contribution is 9.10. The maximum absolute atomic E-state index is 5.08. The van der Waals surface area contributed by atoms with Crippen LogP contribution in [0.25, 0.3) is 11.6 Å². The van der Waals surface area contributed by atoms with E-state index >= 15 is 0 Å². The van der Waals surface area contributed by atoms with Crippen molar-refractivity contribution in [3.63, 3.8) is 0 Å². The quantitative estimate of drug-likeness (QED) is 0.747. The molecule has 0 saturated carbocycles. The molecule has 0 saturated heterocycles. The van der Waals surface area contributed by atoms with Crippen LogP contribution in [0.5, 0.6) is 0 Å². The molecule has 0 atom stereocenters. The Morgan fingerprint density at radius 3 is 2.92 bits per heavy atom. The smallest absolute Gasteiger partial charge is 0.246 e. The maximum atomic E-state index is 5.08. The summed E-state index contributed by atoms with van der Waals surface area (Å²) >= 11 is 3.33. The van der Waals surface area contributed by atoms with Crippen molar-refractivity contribution in [3.05, 3.63) is 23.1 Å². The van der Waals surface area contributed by atoms with Crippen LogP contribution >= 0.6 is 15.9 Å². The summed E-state index contributed by atoms with van der Waals surface area (Å²) in [5, 5.41) is 4.17. The van der Waals surface area contributed by atoms with Crippen LogP contribution < -0.4 is 0 Å². The second-order valence-corrected chi connectivity index (χ2v) is 3.13. The van der Waals surface area contributed by atoms with Gasteiger partial charge in [-0.3, -0.25) is 4.68 Å². The first-order valence-electron chi connectivity index (χ1n) is 3.37. The zero-order chi connectivity index (χ0) is 8.55. The SMILES string of the molecule is Cn1nc(-c2ncco2)cc1Br. The van der Waals surface area contributed by atoms with Crippen molar-refractivity contribution in [1.29, 1.82) is 0 Å². The number of halogens is 1. The lowest BCUT2D eigenvalue weighted by Crippen LogP contribution is -1.89. The van der Waals surface area contributed by atoms with Gasteiger partial charge in [-0.2, -0.15) is 5.10 Å². The average Bonchev–Trinajstić information content (AvgIpc) is 2.61. The van der Waals surface area contributed by atoms with Gasteiger partial charge in [0, 0.05) is 13.1 Å². The molecule has 0 bridgehead atoms. The fourth-order valence-electron chi connectivity index (χ4n) is 0.899. The third-order valence-corrected chi connectivity index (χ3v) is 2.22. The van der Waals surface area contributed by atoms with Crippen molar-refractivity contribution >= 4 is 15.9 Å². The van der Waals surface area contributed by atoms with Gasteiger partial charge in [0.05, 0.1) is 6.20 Å². The normalized spacial score (nSPS) is 10.5. The Labute approximate surface area is 77.3 Å². The van der Waals surface area contributed by atoms with Crippen molar-refractivity contribution in [2.24, 2.45) is 7.05 Å². The second kappa shape index (κ2) is 2.75. The lowest BCUT2D eigenvalue weighted by Gasteiger charge is -1.87. The van der Waals surface area contributed by atoms with Crippen molar-refractivity contribution in [1.82, 2.24) is 14.8 Å². The van der Waals surface area contributed by atoms with Crippen molar-refractivity contribution in [2.45, 2.75) is 0 Å². The molecule has 0 aliphatic carbocycles. The van der Waals surface area contributed by atoms with Gasteiger partial charge in [-0.25, -0.2) is 4.98 Å². The molecule has 0 aliphatic rings. The summed E-state index contributed by atoms with van der Waals surface area (Å²) in [6.45, 7) is 0. The lowest BCUT2D eigenvalue weighted by molar-refractivity contribution is 0.569. The molecule has 0 aromatic carbocycles. The number of hydrogen-bond donors (Lipinski definition) is 0. The largest absolute Gasteiger partial charge is 0.443 e. The van der Waals surface area contributed by atoms with Crippen LogP contribution in [0.1, 0.15) is 0 Å². The van der Waals surface area contributed by atoms with E-state index in [1.165, 1.54) is 6.26 Å². The monoisotopic (exact) mass is 227 g/mol. The molecule has 2 aromatic rings. The van der Waals surface area contributed by atoms with Gasteiger partial charge in [0.2, 0.25) is 5.89 Å². The molecule has 0 spiro atoms. The van der Waals surface area contributed by atoms with Gasteiger partial charge in [0.15, 0.2) is 0 Å². The molecule has 5 heteroatoms. The van der Waals surface area contributed by atoms with Gasteiger partial charge in [0.1, 0.15) is 16.6 Å². The van der Waals surface area contributed by atoms with Crippen LogP contribution in [0.15, 0.2) is 27.5 Å². The minimum Gasteiger partial charge on any atom is -0.443 e. The fourth-order valence-corrected chi connectivity index (χ4v) is 1.20. The molecule has 4 nitrogen and oxygen atoms in total. The first-order valence-corrected chi connectivity index (χ1v) is 4.16. The van der Waals surface area contributed by atoms with Gasteiger partial charge in [-0.15, -0.1) is 0 Å². The summed E-state index contributed by atoms with van der Waals surface area (Å²) < 4.78 is 7.69. The predicted molar refractivity (Wildman–Crippen MR) is 46.4 cm³/mol. The second-order valence-electron chi connectivity index (χ2n) is 2.31. The number of oxazole rings is 1. The summed E-state index contributed by atoms with van der Waals surface area (Å²) in [6, 6.07) is 1.85. The summed E-state index contributed by atoms with van der Waals surface area (Å²) in [5.74, 6) is 0.538. The Morgan fingerprint density at radius 1 is 1.58 bits per heavy atom. The highest BCUT2D eigenvalue weighted by Gasteiger charge is 2.07. The molecular formula is C7H6BrN3O. The lowest BCUT2D eigenvalue weighted by atomic mass is 10.4. The third kappa shape index (κ3) is 1.16. The molecule has 12 heavy (non-hydrogen) atoms. The van der Waals surface area contributed by atoms with E-state index in [2.05, 4.69) is 26.0 Å². The van der Waals surface area contributed by atoms with Crippen LogP contribution in [-0.4, -0.2) is 14.8 Å². The minimum absolute atomic E-state index is 0.538. The van der Waals surface area contributed by atoms with E-state index < -0.39 is 0 Å². The Kier molecular flexibility index (Phi) is 1.73. The van der Waals surface area contributed by atoms with E-state index in [0.717, 1.165) is 10.3 Å². The fraction of sp³-hybridized carbons (Fsp3) is 0.143. The summed E-state index contributed by atoms with van der Waals surface area (Å²) in [4.78, 5) is 3.98. The van der Waals surface area contributed by atoms with E-state index in [9.17, 15) is 0 Å². The molecule has 2 heterocycles. The van der Waals surface area contributed by atoms with Crippen LogP contribution in [0, 0.1) is 0 Å². The molecular weight excluding hydrogens is 222 g/mol. The van der Waals surface area contributed by atoms with Crippen LogP contribution in [0.4, 0.5) is 0 Å². The third-order valence-electron chi connectivity index (χ3n) is 1.47. The van der Waals surface area contributed by atoms with Crippen LogP contribution in [-0.2, 0) is 7.05 Å². The van der Waals surface area contributed by atoms with E-state index in [1.54, 1.807) is 10.9 Å². The predicted octanol–water partition coefficient (Wildman–Crippen LogP) is 1.84. The summed E-state index contributed by atoms with van der Waals surface area (Å²) in [7, 11) is 1.84. The minimum atomic E-state index is 0.538. The van der Waals surface area contributed by atoms with Gasteiger partial charge in [-0.1, -0.05) is 0 Å². The van der Waals surface area contributed by atoms with E-state index in [0.29, 0.717) is 5.89 Å². The standard InChI is InChI=1S/C7H6BrN3O/c1-11-6(8)4-5(10-11)7-9-2-3-12-7/h2-4H,1H3. The van der Waals surface area contributed by atoms with E-state index in [1.807, 2.05) is 13.1 Å². The Hall–Kier alpha value is -1.10. The summed E-state index contributed by atoms with van der Waals surface area (Å²) in [6.07, 6.45) is 3.12. The molecule has 0 unspecified atom stereocenters. The number of aromatic nitrogens is 3. The van der Waals surface area contributed by atoms with Crippen LogP contribution in [0.2, 0.25) is 0 Å². The molecule has 2 rings (SSSR count). The first-order chi connectivity index (χ1) is 5.77. The first kappa shape index (κ1) is 7.54. The Balaban J connectivity index is 2.48. The molecule has 2 aromatic heterocycles. The molecule has 0 N–H and O–H groups in total. The number of hydrogen-bond acceptors (Lipinski definition) is 3. The van der Waals surface area contributed by atoms with Gasteiger partial charge in [-0.05, 0) is 15.9 Å². The van der Waals surface area contributed by atoms with Crippen molar-refractivity contribution in [3.8, 4) is 11.6 Å².